The van der Waals surface area contributed by atoms with Crippen LogP contribution in [0.4, 0.5) is 0 Å². The summed E-state index contributed by atoms with van der Waals surface area (Å²) in [7, 11) is 0. The second-order valence-corrected chi connectivity index (χ2v) is 8.47. The minimum atomic E-state index is -0.835. The number of fused-ring (bicyclic) bond motifs is 3. The third-order valence-corrected chi connectivity index (χ3v) is 6.65. The Morgan fingerprint density at radius 3 is 2.91 bits per heavy atom. The van der Waals surface area contributed by atoms with Gasteiger partial charge in [-0.1, -0.05) is 30.4 Å². The van der Waals surface area contributed by atoms with Crippen LogP contribution in [-0.2, 0) is 22.6 Å². The van der Waals surface area contributed by atoms with Crippen LogP contribution < -0.4 is 0 Å². The largest absolute Gasteiger partial charge is 0.481 e. The highest BCUT2D eigenvalue weighted by atomic mass is 32.2. The molecule has 1 aliphatic rings. The number of nitrogens with zero attached hydrogens (tertiary/aromatic N) is 2. The molecule has 1 aliphatic heterocycles. The first-order valence-electron chi connectivity index (χ1n) is 7.30. The molecule has 23 heavy (non-hydrogen) atoms. The molecule has 0 unspecified atom stereocenters. The molecule has 0 aromatic carbocycles. The van der Waals surface area contributed by atoms with Crippen LogP contribution in [0.5, 0.6) is 0 Å². The van der Waals surface area contributed by atoms with Crippen LogP contribution in [0.15, 0.2) is 10.2 Å². The van der Waals surface area contributed by atoms with E-state index in [1.54, 1.807) is 11.3 Å². The van der Waals surface area contributed by atoms with E-state index in [0.717, 1.165) is 28.1 Å². The lowest BCUT2D eigenvalue weighted by Gasteiger charge is -2.33. The normalized spacial score (nSPS) is 20.7. The fourth-order valence-corrected chi connectivity index (χ4v) is 5.00. The molecule has 124 valence electrons. The van der Waals surface area contributed by atoms with Crippen molar-refractivity contribution in [1.82, 2.24) is 9.97 Å². The molecule has 0 amide bonds. The molecule has 0 radical (unpaired) electrons. The van der Waals surface area contributed by atoms with E-state index in [0.29, 0.717) is 11.8 Å². The molecule has 1 atom stereocenters. The zero-order valence-electron chi connectivity index (χ0n) is 13.2. The molecule has 0 saturated carbocycles. The number of carbonyl (C=O) groups is 1. The standard InChI is InChI=1S/C15H18N2O3S3/c1-4-15(2)5-8-9(6-20-15)23-13-11(8)12(22-7-10(18)19)16-14(17-13)21-3/h4-7H2,1-3H3,(H,18,19)/t15-/m1/s1. The zero-order valence-corrected chi connectivity index (χ0v) is 15.7. The number of carboxylic acids is 1. The van der Waals surface area contributed by atoms with Crippen LogP contribution >= 0.6 is 34.9 Å². The monoisotopic (exact) mass is 370 g/mol. The number of thioether (sulfide) groups is 2. The maximum absolute atomic E-state index is 11.0. The summed E-state index contributed by atoms with van der Waals surface area (Å²) in [4.78, 5) is 22.3. The average molecular weight is 371 g/mol. The van der Waals surface area contributed by atoms with Gasteiger partial charge in [0.15, 0.2) is 5.16 Å². The van der Waals surface area contributed by atoms with Gasteiger partial charge in [-0.3, -0.25) is 4.79 Å². The Balaban J connectivity index is 2.12. The average Bonchev–Trinajstić information content (AvgIpc) is 2.89. The van der Waals surface area contributed by atoms with E-state index >= 15 is 0 Å². The SMILES string of the molecule is CC[C@]1(C)Cc2c(sc3nc(SC)nc(SCC(=O)O)c23)CO1. The highest BCUT2D eigenvalue weighted by Gasteiger charge is 2.33. The van der Waals surface area contributed by atoms with Gasteiger partial charge in [0, 0.05) is 16.7 Å². The molecule has 0 fully saturated rings. The van der Waals surface area contributed by atoms with Crippen LogP contribution in [0.25, 0.3) is 10.2 Å². The number of aliphatic carboxylic acids is 1. The topological polar surface area (TPSA) is 72.3 Å². The molecule has 0 spiro atoms. The summed E-state index contributed by atoms with van der Waals surface area (Å²) in [5.41, 5.74) is 1.06. The first-order chi connectivity index (χ1) is 11.0. The van der Waals surface area contributed by atoms with Crippen LogP contribution in [0, 0.1) is 0 Å². The fourth-order valence-electron chi connectivity index (χ4n) is 2.57. The van der Waals surface area contributed by atoms with Gasteiger partial charge in [0.2, 0.25) is 0 Å². The molecule has 0 saturated heterocycles. The van der Waals surface area contributed by atoms with Crippen LogP contribution in [0.2, 0.25) is 0 Å². The van der Waals surface area contributed by atoms with E-state index in [9.17, 15) is 4.79 Å². The van der Waals surface area contributed by atoms with E-state index in [-0.39, 0.29) is 11.4 Å². The van der Waals surface area contributed by atoms with E-state index in [1.807, 2.05) is 6.26 Å². The first-order valence-corrected chi connectivity index (χ1v) is 10.3. The van der Waals surface area contributed by atoms with Crippen LogP contribution in [0.1, 0.15) is 30.7 Å². The third kappa shape index (κ3) is 3.35. The smallest absolute Gasteiger partial charge is 0.313 e. The van der Waals surface area contributed by atoms with Crippen molar-refractivity contribution in [1.29, 1.82) is 0 Å². The van der Waals surface area contributed by atoms with E-state index in [4.69, 9.17) is 9.84 Å². The van der Waals surface area contributed by atoms with Crippen molar-refractivity contribution in [3.63, 3.8) is 0 Å². The van der Waals surface area contributed by atoms with Crippen molar-refractivity contribution < 1.29 is 14.6 Å². The number of hydrogen-bond donors (Lipinski definition) is 1. The van der Waals surface area contributed by atoms with Gasteiger partial charge in [0.1, 0.15) is 9.86 Å². The number of rotatable bonds is 5. The van der Waals surface area contributed by atoms with Crippen molar-refractivity contribution in [2.45, 2.75) is 49.1 Å². The molecule has 3 heterocycles. The number of aromatic nitrogens is 2. The highest BCUT2D eigenvalue weighted by Crippen LogP contribution is 2.42. The van der Waals surface area contributed by atoms with Crippen LogP contribution in [-0.4, -0.2) is 38.7 Å². The molecular formula is C15H18N2O3S3. The van der Waals surface area contributed by atoms with Gasteiger partial charge in [-0.25, -0.2) is 9.97 Å². The van der Waals surface area contributed by atoms with E-state index < -0.39 is 5.97 Å². The Labute approximate surface area is 147 Å². The lowest BCUT2D eigenvalue weighted by molar-refractivity contribution is -0.133. The van der Waals surface area contributed by atoms with Gasteiger partial charge in [-0.05, 0) is 25.2 Å². The van der Waals surface area contributed by atoms with Crippen molar-refractivity contribution in [2.24, 2.45) is 0 Å². The van der Waals surface area contributed by atoms with Crippen molar-refractivity contribution in [3.05, 3.63) is 10.4 Å². The molecule has 2 aromatic heterocycles. The summed E-state index contributed by atoms with van der Waals surface area (Å²) >= 11 is 4.39. The van der Waals surface area contributed by atoms with Crippen molar-refractivity contribution >= 4 is 51.0 Å². The lowest BCUT2D eigenvalue weighted by atomic mass is 9.90. The molecule has 5 nitrogen and oxygen atoms in total. The Bertz CT molecular complexity index is 762. The molecule has 3 rings (SSSR count). The Morgan fingerprint density at radius 2 is 2.26 bits per heavy atom. The number of hydrogen-bond acceptors (Lipinski definition) is 7. The summed E-state index contributed by atoms with van der Waals surface area (Å²) in [5.74, 6) is -0.829. The molecule has 2 aromatic rings. The minimum absolute atomic E-state index is 0.00605. The lowest BCUT2D eigenvalue weighted by Crippen LogP contribution is -2.33. The predicted octanol–water partition coefficient (Wildman–Crippen LogP) is 3.83. The van der Waals surface area contributed by atoms with Gasteiger partial charge >= 0.3 is 5.97 Å². The molecular weight excluding hydrogens is 352 g/mol. The number of ether oxygens (including phenoxy) is 1. The van der Waals surface area contributed by atoms with Crippen LogP contribution in [0.3, 0.4) is 0 Å². The summed E-state index contributed by atoms with van der Waals surface area (Å²) in [5, 5.41) is 11.5. The molecule has 8 heteroatoms. The fraction of sp³-hybridized carbons (Fsp3) is 0.533. The molecule has 0 bridgehead atoms. The maximum Gasteiger partial charge on any atom is 0.313 e. The number of thiophene rings is 1. The minimum Gasteiger partial charge on any atom is -0.481 e. The Hall–Kier alpha value is -0.830. The van der Waals surface area contributed by atoms with Gasteiger partial charge in [0.05, 0.1) is 18.0 Å². The summed E-state index contributed by atoms with van der Waals surface area (Å²) in [6.45, 7) is 4.85. The molecule has 1 N–H and O–H groups in total. The second-order valence-electron chi connectivity index (χ2n) is 5.65. The van der Waals surface area contributed by atoms with Gasteiger partial charge in [-0.15, -0.1) is 11.3 Å². The zero-order chi connectivity index (χ0) is 16.6. The van der Waals surface area contributed by atoms with Crippen molar-refractivity contribution in [3.8, 4) is 0 Å². The summed E-state index contributed by atoms with van der Waals surface area (Å²) in [6.07, 6.45) is 3.68. The van der Waals surface area contributed by atoms with E-state index in [2.05, 4.69) is 23.8 Å². The van der Waals surface area contributed by atoms with E-state index in [1.165, 1.54) is 34.0 Å². The Kier molecular flexibility index (Phi) is 4.87. The van der Waals surface area contributed by atoms with Crippen molar-refractivity contribution in [2.75, 3.05) is 12.0 Å². The highest BCUT2D eigenvalue weighted by molar-refractivity contribution is 8.00. The first kappa shape index (κ1) is 17.0. The Morgan fingerprint density at radius 1 is 1.48 bits per heavy atom. The second kappa shape index (κ2) is 6.58. The van der Waals surface area contributed by atoms with Gasteiger partial charge in [-0.2, -0.15) is 0 Å². The maximum atomic E-state index is 11.0. The number of carboxylic acid groups (broad SMARTS) is 1. The third-order valence-electron chi connectivity index (χ3n) is 4.05. The quantitative estimate of drug-likeness (QED) is 0.487. The summed E-state index contributed by atoms with van der Waals surface area (Å²) < 4.78 is 6.02. The molecule has 0 aliphatic carbocycles. The predicted molar refractivity (Wildman–Crippen MR) is 94.7 cm³/mol. The summed E-state index contributed by atoms with van der Waals surface area (Å²) in [6, 6.07) is 0. The van der Waals surface area contributed by atoms with Gasteiger partial charge < -0.3 is 9.84 Å². The van der Waals surface area contributed by atoms with Gasteiger partial charge in [0.25, 0.3) is 0 Å².